The van der Waals surface area contributed by atoms with Crippen molar-refractivity contribution in [3.63, 3.8) is 0 Å². The van der Waals surface area contributed by atoms with Gasteiger partial charge in [0, 0.05) is 15.9 Å². The van der Waals surface area contributed by atoms with Crippen molar-refractivity contribution in [2.45, 2.75) is 6.54 Å². The van der Waals surface area contributed by atoms with Crippen LogP contribution in [0.1, 0.15) is 0 Å². The summed E-state index contributed by atoms with van der Waals surface area (Å²) in [7, 11) is 3.26. The fourth-order valence-corrected chi connectivity index (χ4v) is 1.19. The third-order valence-electron chi connectivity index (χ3n) is 1.53. The maximum absolute atomic E-state index is 10.9. The molecule has 0 aliphatic heterocycles. The van der Waals surface area contributed by atoms with E-state index < -0.39 is 0 Å². The molecule has 0 saturated carbocycles. The first-order chi connectivity index (χ1) is 5.65. The van der Waals surface area contributed by atoms with Crippen LogP contribution in [-0.4, -0.2) is 17.6 Å². The number of aryl methyl sites for hydroxylation is 1. The highest BCUT2D eigenvalue weighted by molar-refractivity contribution is 9.10. The lowest BCUT2D eigenvalue weighted by Gasteiger charge is -1.95. The van der Waals surface area contributed by atoms with E-state index in [1.807, 2.05) is 17.8 Å². The van der Waals surface area contributed by atoms with E-state index in [1.165, 1.54) is 7.11 Å². The number of carbonyl (C=O) groups is 1. The molecule has 0 aliphatic rings. The van der Waals surface area contributed by atoms with Crippen LogP contribution in [0.15, 0.2) is 17.1 Å². The number of nitrogens with zero attached hydrogens (tertiary/aromatic N) is 2. The van der Waals surface area contributed by atoms with Gasteiger partial charge in [0.2, 0.25) is 0 Å². The molecule has 0 bridgehead atoms. The number of aromatic nitrogens is 2. The predicted octanol–water partition coefficient (Wildman–Crippen LogP) is 0.248. The molecule has 0 radical (unpaired) electrons. The number of halogens is 1. The smallest absolute Gasteiger partial charge is 0.348 e. The average Bonchev–Trinajstić information content (AvgIpc) is 2.36. The molecule has 1 rings (SSSR count). The fraction of sp³-hybridized carbons (Fsp3) is 0.429. The zero-order chi connectivity index (χ0) is 9.14. The minimum Gasteiger partial charge on any atom is -0.466 e. The topological polar surface area (TPSA) is 35.1 Å². The lowest BCUT2D eigenvalue weighted by atomic mass is 10.6. The van der Waals surface area contributed by atoms with Crippen molar-refractivity contribution < 1.29 is 14.1 Å². The van der Waals surface area contributed by atoms with Crippen LogP contribution < -0.4 is 4.57 Å². The predicted molar refractivity (Wildman–Crippen MR) is 45.3 cm³/mol. The van der Waals surface area contributed by atoms with E-state index >= 15 is 0 Å². The van der Waals surface area contributed by atoms with E-state index in [0.717, 1.165) is 4.73 Å². The minimum atomic E-state index is -0.257. The maximum atomic E-state index is 10.9. The summed E-state index contributed by atoms with van der Waals surface area (Å²) in [6.45, 7) is 0.234. The molecule has 4 nitrogen and oxygen atoms in total. The van der Waals surface area contributed by atoms with Gasteiger partial charge in [-0.05, 0) is 0 Å². The first-order valence-corrected chi connectivity index (χ1v) is 4.21. The molecule has 1 heterocycles. The van der Waals surface area contributed by atoms with Gasteiger partial charge in [-0.15, -0.1) is 0 Å². The first-order valence-electron chi connectivity index (χ1n) is 3.42. The van der Waals surface area contributed by atoms with Gasteiger partial charge in [-0.2, -0.15) is 0 Å². The van der Waals surface area contributed by atoms with Crippen molar-refractivity contribution in [1.29, 1.82) is 0 Å². The summed E-state index contributed by atoms with van der Waals surface area (Å²) in [5, 5.41) is 0. The van der Waals surface area contributed by atoms with Crippen LogP contribution in [0.4, 0.5) is 0 Å². The molecule has 0 amide bonds. The molecule has 1 aromatic rings. The Hall–Kier alpha value is -0.840. The first kappa shape index (κ1) is 9.25. The summed E-state index contributed by atoms with van der Waals surface area (Å²) in [5.41, 5.74) is 0. The molecule has 0 unspecified atom stereocenters. The van der Waals surface area contributed by atoms with Gasteiger partial charge >= 0.3 is 10.7 Å². The molecular formula is C7H10BrN2O2+. The van der Waals surface area contributed by atoms with Gasteiger partial charge in [-0.1, -0.05) is 0 Å². The Labute approximate surface area is 78.9 Å². The van der Waals surface area contributed by atoms with Gasteiger partial charge in [0.25, 0.3) is 0 Å². The molecule has 0 N–H and O–H groups in total. The molecule has 0 fully saturated rings. The zero-order valence-corrected chi connectivity index (χ0v) is 8.54. The van der Waals surface area contributed by atoms with E-state index in [9.17, 15) is 4.79 Å². The second-order valence-corrected chi connectivity index (χ2v) is 3.09. The van der Waals surface area contributed by atoms with Gasteiger partial charge < -0.3 is 4.74 Å². The lowest BCUT2D eigenvalue weighted by molar-refractivity contribution is -0.682. The summed E-state index contributed by atoms with van der Waals surface area (Å²) in [6, 6.07) is 0. The molecule has 0 atom stereocenters. The number of ether oxygens (including phenoxy) is 1. The molecule has 0 aliphatic carbocycles. The quantitative estimate of drug-likeness (QED) is 0.543. The van der Waals surface area contributed by atoms with Crippen LogP contribution in [0.3, 0.4) is 0 Å². The largest absolute Gasteiger partial charge is 0.466 e. The fourth-order valence-electron chi connectivity index (χ4n) is 0.828. The summed E-state index contributed by atoms with van der Waals surface area (Å²) in [5.74, 6) is -0.257. The molecule has 0 spiro atoms. The number of hydrogen-bond donors (Lipinski definition) is 0. The van der Waals surface area contributed by atoms with Crippen molar-refractivity contribution in [1.82, 2.24) is 4.57 Å². The van der Waals surface area contributed by atoms with Crippen molar-refractivity contribution in [3.8, 4) is 0 Å². The SMILES string of the molecule is COC(=O)Cn1cc[n+](C)c1Br. The van der Waals surface area contributed by atoms with Crippen molar-refractivity contribution in [3.05, 3.63) is 17.1 Å². The second kappa shape index (κ2) is 3.71. The number of imidazole rings is 1. The van der Waals surface area contributed by atoms with Crippen molar-refractivity contribution >= 4 is 21.9 Å². The van der Waals surface area contributed by atoms with Crippen LogP contribution in [-0.2, 0) is 23.1 Å². The highest BCUT2D eigenvalue weighted by Gasteiger charge is 2.14. The van der Waals surface area contributed by atoms with E-state index in [1.54, 1.807) is 10.8 Å². The van der Waals surface area contributed by atoms with Gasteiger partial charge in [-0.3, -0.25) is 0 Å². The molecule has 1 aromatic heterocycles. The summed E-state index contributed by atoms with van der Waals surface area (Å²) >= 11 is 3.33. The Morgan fingerprint density at radius 1 is 1.83 bits per heavy atom. The monoisotopic (exact) mass is 233 g/mol. The molecule has 5 heteroatoms. The van der Waals surface area contributed by atoms with Gasteiger partial charge in [0.05, 0.1) is 14.2 Å². The summed E-state index contributed by atoms with van der Waals surface area (Å²) in [4.78, 5) is 10.9. The highest BCUT2D eigenvalue weighted by Crippen LogP contribution is 2.03. The summed E-state index contributed by atoms with van der Waals surface area (Å²) < 4.78 is 8.99. The van der Waals surface area contributed by atoms with Crippen LogP contribution in [0, 0.1) is 0 Å². The van der Waals surface area contributed by atoms with E-state index in [0.29, 0.717) is 0 Å². The van der Waals surface area contributed by atoms with Crippen LogP contribution in [0.25, 0.3) is 0 Å². The molecule has 0 aromatic carbocycles. The lowest BCUT2D eigenvalue weighted by Crippen LogP contribution is -2.28. The summed E-state index contributed by atoms with van der Waals surface area (Å²) in [6.07, 6.45) is 3.66. The Balaban J connectivity index is 2.76. The minimum absolute atomic E-state index is 0.234. The maximum Gasteiger partial charge on any atom is 0.348 e. The van der Waals surface area contributed by atoms with Crippen molar-refractivity contribution in [2.75, 3.05) is 7.11 Å². The van der Waals surface area contributed by atoms with Crippen LogP contribution in [0.5, 0.6) is 0 Å². The average molecular weight is 234 g/mol. The van der Waals surface area contributed by atoms with E-state index in [2.05, 4.69) is 20.7 Å². The van der Waals surface area contributed by atoms with E-state index in [4.69, 9.17) is 0 Å². The molecule has 66 valence electrons. The third kappa shape index (κ3) is 1.85. The molecule has 0 saturated heterocycles. The Morgan fingerprint density at radius 3 is 2.92 bits per heavy atom. The van der Waals surface area contributed by atoms with Gasteiger partial charge in [0.15, 0.2) is 6.54 Å². The highest BCUT2D eigenvalue weighted by atomic mass is 79.9. The van der Waals surface area contributed by atoms with Gasteiger partial charge in [-0.25, -0.2) is 13.9 Å². The van der Waals surface area contributed by atoms with Crippen molar-refractivity contribution in [2.24, 2.45) is 7.05 Å². The number of rotatable bonds is 2. The van der Waals surface area contributed by atoms with Crippen LogP contribution in [0.2, 0.25) is 0 Å². The second-order valence-electron chi connectivity index (χ2n) is 2.38. The Kier molecular flexibility index (Phi) is 2.86. The zero-order valence-electron chi connectivity index (χ0n) is 6.95. The molecular weight excluding hydrogens is 224 g/mol. The standard InChI is InChI=1S/C7H10BrN2O2/c1-9-3-4-10(7(9)8)5-6(11)12-2/h3-4H,5H2,1-2H3/q+1. The number of methoxy groups -OCH3 is 1. The van der Waals surface area contributed by atoms with Gasteiger partial charge in [0.1, 0.15) is 12.4 Å². The Bertz CT molecular complexity index is 296. The third-order valence-corrected chi connectivity index (χ3v) is 2.54. The van der Waals surface area contributed by atoms with Crippen LogP contribution >= 0.6 is 15.9 Å². The normalized spacial score (nSPS) is 9.92. The number of esters is 1. The number of carbonyl (C=O) groups excluding carboxylic acids is 1. The molecule has 12 heavy (non-hydrogen) atoms. The Morgan fingerprint density at radius 2 is 2.50 bits per heavy atom. The number of hydrogen-bond acceptors (Lipinski definition) is 2. The van der Waals surface area contributed by atoms with E-state index in [-0.39, 0.29) is 12.5 Å².